The monoisotopic (exact) mass is 281 g/mol. The van der Waals surface area contributed by atoms with Crippen LogP contribution in [0.1, 0.15) is 24.3 Å². The Labute approximate surface area is 124 Å². The van der Waals surface area contributed by atoms with Crippen LogP contribution in [0.2, 0.25) is 0 Å². The summed E-state index contributed by atoms with van der Waals surface area (Å²) in [5.41, 5.74) is 1.26. The highest BCUT2D eigenvalue weighted by molar-refractivity contribution is 5.84. The second-order valence-electron chi connectivity index (χ2n) is 5.17. The van der Waals surface area contributed by atoms with Gasteiger partial charge in [0, 0.05) is 6.54 Å². The van der Waals surface area contributed by atoms with Gasteiger partial charge in [0.1, 0.15) is 11.5 Å². The minimum atomic E-state index is 0.201. The van der Waals surface area contributed by atoms with Gasteiger partial charge in [-0.15, -0.1) is 0 Å². The van der Waals surface area contributed by atoms with Gasteiger partial charge in [0.2, 0.25) is 0 Å². The summed E-state index contributed by atoms with van der Waals surface area (Å²) in [5.74, 6) is 1.85. The van der Waals surface area contributed by atoms with Crippen molar-refractivity contribution in [3.05, 3.63) is 66.1 Å². The van der Waals surface area contributed by atoms with Crippen molar-refractivity contribution in [3.63, 3.8) is 0 Å². The van der Waals surface area contributed by atoms with Gasteiger partial charge in [0.15, 0.2) is 0 Å². The van der Waals surface area contributed by atoms with Gasteiger partial charge in [0.05, 0.1) is 19.4 Å². The molecule has 1 N–H and O–H groups in total. The summed E-state index contributed by atoms with van der Waals surface area (Å²) < 4.78 is 10.7. The first-order valence-electron chi connectivity index (χ1n) is 7.10. The first kappa shape index (κ1) is 13.7. The van der Waals surface area contributed by atoms with Crippen molar-refractivity contribution in [2.24, 2.45) is 0 Å². The summed E-state index contributed by atoms with van der Waals surface area (Å²) in [7, 11) is 1.69. The molecule has 1 heterocycles. The smallest absolute Gasteiger partial charge is 0.120 e. The van der Waals surface area contributed by atoms with Crippen molar-refractivity contribution in [1.29, 1.82) is 0 Å². The van der Waals surface area contributed by atoms with Crippen LogP contribution in [0, 0.1) is 0 Å². The second-order valence-corrected chi connectivity index (χ2v) is 5.17. The van der Waals surface area contributed by atoms with E-state index < -0.39 is 0 Å². The normalized spacial score (nSPS) is 12.5. The number of nitrogens with one attached hydrogen (secondary N) is 1. The van der Waals surface area contributed by atoms with E-state index in [0.717, 1.165) is 18.1 Å². The molecular formula is C18H19NO2. The zero-order valence-electron chi connectivity index (χ0n) is 12.3. The van der Waals surface area contributed by atoms with E-state index in [4.69, 9.17) is 9.15 Å². The number of ether oxygens (including phenoxy) is 1. The maximum atomic E-state index is 5.40. The van der Waals surface area contributed by atoms with Crippen LogP contribution in [0.3, 0.4) is 0 Å². The van der Waals surface area contributed by atoms with Crippen LogP contribution in [-0.2, 0) is 6.54 Å². The number of hydrogen-bond acceptors (Lipinski definition) is 3. The lowest BCUT2D eigenvalue weighted by Crippen LogP contribution is -2.17. The van der Waals surface area contributed by atoms with E-state index in [1.54, 1.807) is 13.4 Å². The average molecular weight is 281 g/mol. The molecule has 0 saturated heterocycles. The maximum Gasteiger partial charge on any atom is 0.120 e. The lowest BCUT2D eigenvalue weighted by atomic mass is 10.1. The third kappa shape index (κ3) is 3.09. The third-order valence-corrected chi connectivity index (χ3v) is 3.69. The highest BCUT2D eigenvalue weighted by atomic mass is 16.5. The van der Waals surface area contributed by atoms with E-state index in [0.29, 0.717) is 0 Å². The minimum absolute atomic E-state index is 0.201. The first-order chi connectivity index (χ1) is 10.3. The molecule has 0 saturated carbocycles. The number of furan rings is 1. The summed E-state index contributed by atoms with van der Waals surface area (Å²) in [6, 6.07) is 16.7. The fraction of sp³-hybridized carbons (Fsp3) is 0.222. The zero-order chi connectivity index (χ0) is 14.7. The van der Waals surface area contributed by atoms with Crippen molar-refractivity contribution in [3.8, 4) is 5.75 Å². The second kappa shape index (κ2) is 6.02. The largest absolute Gasteiger partial charge is 0.497 e. The predicted octanol–water partition coefficient (Wildman–Crippen LogP) is 4.29. The van der Waals surface area contributed by atoms with E-state index in [1.165, 1.54) is 16.3 Å². The Bertz CT molecular complexity index is 719. The van der Waals surface area contributed by atoms with Gasteiger partial charge in [-0.1, -0.05) is 18.2 Å². The van der Waals surface area contributed by atoms with Crippen LogP contribution in [0.4, 0.5) is 0 Å². The van der Waals surface area contributed by atoms with E-state index in [2.05, 4.69) is 42.6 Å². The van der Waals surface area contributed by atoms with Crippen molar-refractivity contribution < 1.29 is 9.15 Å². The van der Waals surface area contributed by atoms with Gasteiger partial charge in [-0.3, -0.25) is 0 Å². The molecule has 0 aliphatic carbocycles. The van der Waals surface area contributed by atoms with Crippen molar-refractivity contribution >= 4 is 10.8 Å². The Morgan fingerprint density at radius 1 is 1.10 bits per heavy atom. The molecule has 108 valence electrons. The van der Waals surface area contributed by atoms with Gasteiger partial charge >= 0.3 is 0 Å². The van der Waals surface area contributed by atoms with Gasteiger partial charge in [-0.2, -0.15) is 0 Å². The van der Waals surface area contributed by atoms with E-state index in [9.17, 15) is 0 Å². The SMILES string of the molecule is COc1ccc2cc(CNC(C)c3ccco3)ccc2c1. The lowest BCUT2D eigenvalue weighted by Gasteiger charge is -2.12. The Kier molecular flexibility index (Phi) is 3.93. The molecule has 0 amide bonds. The van der Waals surface area contributed by atoms with Crippen molar-refractivity contribution in [2.75, 3.05) is 7.11 Å². The number of benzene rings is 2. The molecule has 0 aliphatic rings. The standard InChI is InChI=1S/C18H19NO2/c1-13(18-4-3-9-21-18)19-12-14-5-6-16-11-17(20-2)8-7-15(16)10-14/h3-11,13,19H,12H2,1-2H3. The molecule has 0 bridgehead atoms. The lowest BCUT2D eigenvalue weighted by molar-refractivity contribution is 0.415. The molecule has 3 nitrogen and oxygen atoms in total. The zero-order valence-corrected chi connectivity index (χ0v) is 12.3. The summed E-state index contributed by atoms with van der Waals surface area (Å²) in [4.78, 5) is 0. The minimum Gasteiger partial charge on any atom is -0.497 e. The summed E-state index contributed by atoms with van der Waals surface area (Å²) in [6.07, 6.45) is 1.71. The van der Waals surface area contributed by atoms with Crippen LogP contribution in [-0.4, -0.2) is 7.11 Å². The number of fused-ring (bicyclic) bond motifs is 1. The van der Waals surface area contributed by atoms with E-state index >= 15 is 0 Å². The molecule has 0 aliphatic heterocycles. The molecule has 0 fully saturated rings. The third-order valence-electron chi connectivity index (χ3n) is 3.69. The molecule has 21 heavy (non-hydrogen) atoms. The van der Waals surface area contributed by atoms with Gasteiger partial charge in [0.25, 0.3) is 0 Å². The van der Waals surface area contributed by atoms with Gasteiger partial charge in [-0.05, 0) is 53.6 Å². The number of methoxy groups -OCH3 is 1. The molecule has 3 aromatic rings. The molecule has 2 aromatic carbocycles. The summed E-state index contributed by atoms with van der Waals surface area (Å²) >= 11 is 0. The van der Waals surface area contributed by atoms with Crippen LogP contribution in [0.5, 0.6) is 5.75 Å². The Balaban J connectivity index is 1.72. The Morgan fingerprint density at radius 2 is 1.90 bits per heavy atom. The van der Waals surface area contributed by atoms with Crippen LogP contribution < -0.4 is 10.1 Å². The van der Waals surface area contributed by atoms with Crippen LogP contribution in [0.25, 0.3) is 10.8 Å². The number of hydrogen-bond donors (Lipinski definition) is 1. The van der Waals surface area contributed by atoms with E-state index in [-0.39, 0.29) is 6.04 Å². The van der Waals surface area contributed by atoms with Gasteiger partial charge < -0.3 is 14.5 Å². The highest BCUT2D eigenvalue weighted by Crippen LogP contribution is 2.22. The molecule has 0 spiro atoms. The first-order valence-corrected chi connectivity index (χ1v) is 7.10. The molecule has 1 atom stereocenters. The quantitative estimate of drug-likeness (QED) is 0.757. The highest BCUT2D eigenvalue weighted by Gasteiger charge is 2.07. The molecule has 3 rings (SSSR count). The van der Waals surface area contributed by atoms with Crippen LogP contribution in [0.15, 0.2) is 59.2 Å². The van der Waals surface area contributed by atoms with Gasteiger partial charge in [-0.25, -0.2) is 0 Å². The Hall–Kier alpha value is -2.26. The molecule has 3 heteroatoms. The fourth-order valence-corrected chi connectivity index (χ4v) is 2.42. The van der Waals surface area contributed by atoms with Crippen molar-refractivity contribution in [2.45, 2.75) is 19.5 Å². The number of rotatable bonds is 5. The van der Waals surface area contributed by atoms with Crippen molar-refractivity contribution in [1.82, 2.24) is 5.32 Å². The topological polar surface area (TPSA) is 34.4 Å². The average Bonchev–Trinajstić information content (AvgIpc) is 3.06. The molecule has 1 unspecified atom stereocenters. The molecule has 1 aromatic heterocycles. The maximum absolute atomic E-state index is 5.40. The Morgan fingerprint density at radius 3 is 2.67 bits per heavy atom. The molecular weight excluding hydrogens is 262 g/mol. The predicted molar refractivity (Wildman–Crippen MR) is 84.5 cm³/mol. The summed E-state index contributed by atoms with van der Waals surface area (Å²) in [6.45, 7) is 2.91. The molecule has 0 radical (unpaired) electrons. The van der Waals surface area contributed by atoms with E-state index in [1.807, 2.05) is 18.2 Å². The fourth-order valence-electron chi connectivity index (χ4n) is 2.42. The summed E-state index contributed by atoms with van der Waals surface area (Å²) in [5, 5.41) is 5.88. The van der Waals surface area contributed by atoms with Crippen LogP contribution >= 0.6 is 0 Å².